The monoisotopic (exact) mass is 404 g/mol. The molecule has 1 aromatic carbocycles. The summed E-state index contributed by atoms with van der Waals surface area (Å²) >= 11 is 0. The van der Waals surface area contributed by atoms with Gasteiger partial charge in [-0.2, -0.15) is 5.10 Å². The van der Waals surface area contributed by atoms with Crippen LogP contribution in [0.3, 0.4) is 0 Å². The van der Waals surface area contributed by atoms with E-state index >= 15 is 0 Å². The number of hydrogen-bond acceptors (Lipinski definition) is 5. The molecule has 150 valence electrons. The highest BCUT2D eigenvalue weighted by atomic mass is 35.5. The van der Waals surface area contributed by atoms with Crippen molar-refractivity contribution in [1.29, 1.82) is 0 Å². The maximum absolute atomic E-state index is 12.9. The van der Waals surface area contributed by atoms with E-state index in [0.717, 1.165) is 48.2 Å². The first-order valence-electron chi connectivity index (χ1n) is 9.39. The van der Waals surface area contributed by atoms with Gasteiger partial charge in [-0.3, -0.25) is 15.2 Å². The van der Waals surface area contributed by atoms with Crippen molar-refractivity contribution in [1.82, 2.24) is 25.1 Å². The number of nitrogens with one attached hydrogen (secondary N) is 3. The third-order valence-corrected chi connectivity index (χ3v) is 4.78. The van der Waals surface area contributed by atoms with Crippen molar-refractivity contribution in [3.8, 4) is 0 Å². The van der Waals surface area contributed by atoms with Gasteiger partial charge >= 0.3 is 0 Å². The van der Waals surface area contributed by atoms with Crippen molar-refractivity contribution < 1.29 is 9.53 Å². The Morgan fingerprint density at radius 3 is 3.07 bits per heavy atom. The third kappa shape index (κ3) is 4.04. The highest BCUT2D eigenvalue weighted by Crippen LogP contribution is 2.22. The van der Waals surface area contributed by atoms with Crippen molar-refractivity contribution in [2.24, 2.45) is 0 Å². The van der Waals surface area contributed by atoms with Crippen LogP contribution in [0.25, 0.3) is 11.0 Å². The molecule has 4 rings (SSSR count). The average Bonchev–Trinajstić information content (AvgIpc) is 3.27. The number of anilines is 1. The van der Waals surface area contributed by atoms with E-state index in [1.54, 1.807) is 0 Å². The highest BCUT2D eigenvalue weighted by Gasteiger charge is 2.23. The molecule has 0 bridgehead atoms. The molecule has 3 heterocycles. The molecule has 1 aliphatic rings. The van der Waals surface area contributed by atoms with E-state index in [2.05, 4.69) is 25.8 Å². The van der Waals surface area contributed by atoms with Crippen molar-refractivity contribution in [3.63, 3.8) is 0 Å². The summed E-state index contributed by atoms with van der Waals surface area (Å²) < 4.78 is 7.48. The molecule has 0 unspecified atom stereocenters. The maximum atomic E-state index is 12.9. The number of aryl methyl sites for hydroxylation is 1. The number of ether oxygens (including phenoxy) is 1. The Labute approximate surface area is 169 Å². The van der Waals surface area contributed by atoms with Crippen LogP contribution in [0.4, 0.5) is 5.95 Å². The van der Waals surface area contributed by atoms with Gasteiger partial charge in [0.05, 0.1) is 11.0 Å². The Bertz CT molecular complexity index is 951. The molecule has 3 N–H and O–H groups in total. The minimum Gasteiger partial charge on any atom is -0.382 e. The van der Waals surface area contributed by atoms with Crippen LogP contribution in [0.5, 0.6) is 0 Å². The van der Waals surface area contributed by atoms with Crippen molar-refractivity contribution in [3.05, 3.63) is 41.2 Å². The van der Waals surface area contributed by atoms with E-state index in [9.17, 15) is 4.79 Å². The van der Waals surface area contributed by atoms with Crippen LogP contribution in [-0.2, 0) is 24.2 Å². The van der Waals surface area contributed by atoms with Gasteiger partial charge in [0.25, 0.3) is 5.91 Å². The lowest BCUT2D eigenvalue weighted by molar-refractivity contribution is 0.102. The number of imidazole rings is 1. The molecule has 3 aromatic rings. The van der Waals surface area contributed by atoms with E-state index in [0.29, 0.717) is 31.4 Å². The van der Waals surface area contributed by atoms with Gasteiger partial charge in [-0.05, 0) is 25.5 Å². The SMILES string of the molecule is CCOCCCn1c(NC(=O)c2n[nH]c3c2CNCC3)nc2ccccc21.Cl. The fourth-order valence-corrected chi connectivity index (χ4v) is 3.44. The predicted octanol–water partition coefficient (Wildman–Crippen LogP) is 2.51. The number of nitrogens with zero attached hydrogens (tertiary/aromatic N) is 3. The van der Waals surface area contributed by atoms with Gasteiger partial charge in [-0.1, -0.05) is 12.1 Å². The molecule has 0 saturated carbocycles. The second-order valence-electron chi connectivity index (χ2n) is 6.54. The minimum atomic E-state index is -0.238. The number of aromatic nitrogens is 4. The molecule has 0 aliphatic carbocycles. The fraction of sp³-hybridized carbons (Fsp3) is 0.421. The molecule has 2 aromatic heterocycles. The Balaban J connectivity index is 0.00000225. The Hall–Kier alpha value is -2.42. The molecular weight excluding hydrogens is 380 g/mol. The van der Waals surface area contributed by atoms with Crippen molar-refractivity contribution >= 4 is 35.3 Å². The van der Waals surface area contributed by atoms with Gasteiger partial charge in [0, 0.05) is 50.5 Å². The van der Waals surface area contributed by atoms with Crippen LogP contribution in [0.2, 0.25) is 0 Å². The second kappa shape index (κ2) is 9.18. The summed E-state index contributed by atoms with van der Waals surface area (Å²) in [7, 11) is 0. The zero-order valence-corrected chi connectivity index (χ0v) is 16.6. The maximum Gasteiger partial charge on any atom is 0.278 e. The molecular formula is C19H25ClN6O2. The third-order valence-electron chi connectivity index (χ3n) is 4.78. The normalized spacial score (nSPS) is 13.2. The van der Waals surface area contributed by atoms with Crippen LogP contribution in [0.1, 0.15) is 35.1 Å². The van der Waals surface area contributed by atoms with E-state index < -0.39 is 0 Å². The number of benzene rings is 1. The number of carbonyl (C=O) groups is 1. The summed E-state index contributed by atoms with van der Waals surface area (Å²) in [5.74, 6) is 0.302. The first-order chi connectivity index (χ1) is 13.3. The highest BCUT2D eigenvalue weighted by molar-refractivity contribution is 6.04. The number of amides is 1. The van der Waals surface area contributed by atoms with Gasteiger partial charge in [-0.15, -0.1) is 12.4 Å². The lowest BCUT2D eigenvalue weighted by Gasteiger charge is -2.13. The first kappa shape index (κ1) is 20.3. The number of halogens is 1. The number of carbonyl (C=O) groups excluding carboxylic acids is 1. The van der Waals surface area contributed by atoms with Crippen LogP contribution in [0, 0.1) is 0 Å². The van der Waals surface area contributed by atoms with Crippen LogP contribution < -0.4 is 10.6 Å². The topological polar surface area (TPSA) is 96.9 Å². The lowest BCUT2D eigenvalue weighted by Crippen LogP contribution is -2.25. The molecule has 28 heavy (non-hydrogen) atoms. The van der Waals surface area contributed by atoms with E-state index in [1.165, 1.54) is 0 Å². The Kier molecular flexibility index (Phi) is 6.66. The quantitative estimate of drug-likeness (QED) is 0.526. The van der Waals surface area contributed by atoms with E-state index in [1.807, 2.05) is 35.8 Å². The number of para-hydroxylation sites is 2. The smallest absolute Gasteiger partial charge is 0.278 e. The van der Waals surface area contributed by atoms with Gasteiger partial charge in [0.15, 0.2) is 5.69 Å². The molecule has 0 atom stereocenters. The van der Waals surface area contributed by atoms with Crippen molar-refractivity contribution in [2.75, 3.05) is 25.1 Å². The molecule has 8 nitrogen and oxygen atoms in total. The van der Waals surface area contributed by atoms with Gasteiger partial charge < -0.3 is 14.6 Å². The number of H-pyrrole nitrogens is 1. The molecule has 1 aliphatic heterocycles. The Morgan fingerprint density at radius 2 is 2.21 bits per heavy atom. The first-order valence-corrected chi connectivity index (χ1v) is 9.39. The minimum absolute atomic E-state index is 0. The number of rotatable bonds is 7. The zero-order valence-electron chi connectivity index (χ0n) is 15.8. The van der Waals surface area contributed by atoms with E-state index in [4.69, 9.17) is 4.74 Å². The molecule has 0 fully saturated rings. The average molecular weight is 405 g/mol. The zero-order chi connectivity index (χ0) is 18.6. The van der Waals surface area contributed by atoms with Crippen LogP contribution >= 0.6 is 12.4 Å². The molecule has 0 saturated heterocycles. The van der Waals surface area contributed by atoms with Gasteiger partial charge in [0.1, 0.15) is 0 Å². The molecule has 0 radical (unpaired) electrons. The lowest BCUT2D eigenvalue weighted by atomic mass is 10.1. The summed E-state index contributed by atoms with van der Waals surface area (Å²) in [5.41, 5.74) is 4.26. The molecule has 1 amide bonds. The summed E-state index contributed by atoms with van der Waals surface area (Å²) in [6.45, 7) is 5.63. The summed E-state index contributed by atoms with van der Waals surface area (Å²) in [6, 6.07) is 7.88. The largest absolute Gasteiger partial charge is 0.382 e. The Morgan fingerprint density at radius 1 is 1.36 bits per heavy atom. The summed E-state index contributed by atoms with van der Waals surface area (Å²) in [5, 5.41) is 13.5. The van der Waals surface area contributed by atoms with Crippen LogP contribution in [0.15, 0.2) is 24.3 Å². The second-order valence-corrected chi connectivity index (χ2v) is 6.54. The molecule has 9 heteroatoms. The van der Waals surface area contributed by atoms with Gasteiger partial charge in [0.2, 0.25) is 5.95 Å². The summed E-state index contributed by atoms with van der Waals surface area (Å²) in [6.07, 6.45) is 1.70. The van der Waals surface area contributed by atoms with Gasteiger partial charge in [-0.25, -0.2) is 4.98 Å². The predicted molar refractivity (Wildman–Crippen MR) is 110 cm³/mol. The standard InChI is InChI=1S/C19H24N6O2.ClH/c1-2-27-11-5-10-25-16-7-4-3-6-15(16)21-19(25)22-18(26)17-13-12-20-9-8-14(13)23-24-17;/h3-4,6-7,20H,2,5,8-12H2,1H3,(H,23,24)(H,21,22,26);1H. The number of fused-ring (bicyclic) bond motifs is 2. The molecule has 0 spiro atoms. The fourth-order valence-electron chi connectivity index (χ4n) is 3.44. The number of aromatic amines is 1. The number of hydrogen-bond donors (Lipinski definition) is 3. The van der Waals surface area contributed by atoms with Crippen LogP contribution in [-0.4, -0.2) is 45.4 Å². The summed E-state index contributed by atoms with van der Waals surface area (Å²) in [4.78, 5) is 17.5. The van der Waals surface area contributed by atoms with Crippen molar-refractivity contribution in [2.45, 2.75) is 32.9 Å². The van der Waals surface area contributed by atoms with E-state index in [-0.39, 0.29) is 18.3 Å².